The van der Waals surface area contributed by atoms with Crippen molar-refractivity contribution in [2.24, 2.45) is 0 Å². The molecule has 1 saturated heterocycles. The molecule has 0 spiro atoms. The van der Waals surface area contributed by atoms with Crippen LogP contribution >= 0.6 is 0 Å². The van der Waals surface area contributed by atoms with Crippen LogP contribution in [0.15, 0.2) is 49.3 Å². The molecule has 0 atom stereocenters. The van der Waals surface area contributed by atoms with E-state index in [2.05, 4.69) is 21.0 Å². The van der Waals surface area contributed by atoms with Crippen molar-refractivity contribution < 1.29 is 4.79 Å². The smallest absolute Gasteiger partial charge is 0.242 e. The number of carbonyl (C=O) groups is 1. The van der Waals surface area contributed by atoms with Gasteiger partial charge in [0, 0.05) is 54.9 Å². The van der Waals surface area contributed by atoms with Gasteiger partial charge in [-0.15, -0.1) is 0 Å². The predicted molar refractivity (Wildman–Crippen MR) is 90.3 cm³/mol. The molecule has 122 valence electrons. The fourth-order valence-corrected chi connectivity index (χ4v) is 3.27. The first-order valence-electron chi connectivity index (χ1n) is 8.24. The lowest BCUT2D eigenvalue weighted by Crippen LogP contribution is -2.39. The summed E-state index contributed by atoms with van der Waals surface area (Å²) >= 11 is 0. The highest BCUT2D eigenvalue weighted by molar-refractivity contribution is 5.77. The van der Waals surface area contributed by atoms with Gasteiger partial charge in [0.05, 0.1) is 11.8 Å². The summed E-state index contributed by atoms with van der Waals surface area (Å²) in [6, 6.07) is 6.04. The normalized spacial score (nSPS) is 15.8. The molecular formula is C18H19N5O. The van der Waals surface area contributed by atoms with Crippen LogP contribution in [0.1, 0.15) is 24.5 Å². The van der Waals surface area contributed by atoms with Gasteiger partial charge in [-0.1, -0.05) is 0 Å². The highest BCUT2D eigenvalue weighted by Crippen LogP contribution is 2.28. The Hall–Kier alpha value is -2.76. The first kappa shape index (κ1) is 14.8. The molecule has 3 aromatic heterocycles. The van der Waals surface area contributed by atoms with Gasteiger partial charge in [-0.3, -0.25) is 14.8 Å². The second-order valence-corrected chi connectivity index (χ2v) is 6.20. The van der Waals surface area contributed by atoms with E-state index in [1.54, 1.807) is 12.5 Å². The minimum absolute atomic E-state index is 0.152. The Kier molecular flexibility index (Phi) is 3.94. The molecule has 1 amide bonds. The lowest BCUT2D eigenvalue weighted by molar-refractivity contribution is -0.132. The summed E-state index contributed by atoms with van der Waals surface area (Å²) in [6.07, 6.45) is 10.8. The summed E-state index contributed by atoms with van der Waals surface area (Å²) in [4.78, 5) is 27.3. The van der Waals surface area contributed by atoms with Crippen molar-refractivity contribution in [1.82, 2.24) is 24.4 Å². The largest absolute Gasteiger partial charge is 0.341 e. The monoisotopic (exact) mass is 321 g/mol. The van der Waals surface area contributed by atoms with E-state index in [1.807, 2.05) is 40.2 Å². The second kappa shape index (κ2) is 6.39. The molecule has 0 radical (unpaired) electrons. The van der Waals surface area contributed by atoms with Crippen LogP contribution in [0.3, 0.4) is 0 Å². The fraction of sp³-hybridized carbons (Fsp3) is 0.333. The number of imidazole rings is 1. The average Bonchev–Trinajstić information content (AvgIpc) is 3.14. The van der Waals surface area contributed by atoms with E-state index in [-0.39, 0.29) is 5.91 Å². The molecule has 1 aliphatic rings. The number of fused-ring (bicyclic) bond motifs is 1. The Morgan fingerprint density at radius 3 is 2.88 bits per heavy atom. The van der Waals surface area contributed by atoms with Gasteiger partial charge in [0.15, 0.2) is 0 Å². The lowest BCUT2D eigenvalue weighted by Gasteiger charge is -2.32. The number of nitrogens with zero attached hydrogens (tertiary/aromatic N) is 5. The van der Waals surface area contributed by atoms with Crippen LogP contribution in [0, 0.1) is 0 Å². The molecule has 6 nitrogen and oxygen atoms in total. The summed E-state index contributed by atoms with van der Waals surface area (Å²) in [5.41, 5.74) is 2.07. The average molecular weight is 321 g/mol. The van der Waals surface area contributed by atoms with Crippen LogP contribution in [-0.2, 0) is 11.3 Å². The number of amides is 1. The molecule has 0 aromatic carbocycles. The molecule has 6 heteroatoms. The van der Waals surface area contributed by atoms with Gasteiger partial charge in [0.25, 0.3) is 0 Å². The maximum absolute atomic E-state index is 12.3. The van der Waals surface area contributed by atoms with Crippen molar-refractivity contribution in [3.8, 4) is 0 Å². The lowest BCUT2D eigenvalue weighted by atomic mass is 9.92. The van der Waals surface area contributed by atoms with Crippen LogP contribution < -0.4 is 0 Å². The third-order valence-electron chi connectivity index (χ3n) is 4.65. The number of hydrogen-bond acceptors (Lipinski definition) is 4. The zero-order valence-electron chi connectivity index (χ0n) is 13.4. The molecule has 24 heavy (non-hydrogen) atoms. The van der Waals surface area contributed by atoms with Crippen LogP contribution in [0.2, 0.25) is 0 Å². The standard InChI is InChI=1S/C18H19N5O/c24-18(12-22-9-6-19-13-22)23-7-3-14(4-8-23)16-10-17-15(11-21-16)2-1-5-20-17/h1-2,5-6,9-11,13-14H,3-4,7-8,12H2. The number of rotatable bonds is 3. The number of likely N-dealkylation sites (tertiary alicyclic amines) is 1. The van der Waals surface area contributed by atoms with E-state index < -0.39 is 0 Å². The summed E-state index contributed by atoms with van der Waals surface area (Å²) in [6.45, 7) is 1.92. The van der Waals surface area contributed by atoms with Crippen LogP contribution in [0.4, 0.5) is 0 Å². The second-order valence-electron chi connectivity index (χ2n) is 6.20. The molecule has 4 rings (SSSR count). The maximum Gasteiger partial charge on any atom is 0.242 e. The molecule has 0 N–H and O–H groups in total. The Morgan fingerprint density at radius 1 is 1.21 bits per heavy atom. The summed E-state index contributed by atoms with van der Waals surface area (Å²) < 4.78 is 1.81. The SMILES string of the molecule is O=C(Cn1ccnc1)N1CCC(c2cc3ncccc3cn2)CC1. The molecule has 3 aromatic rings. The van der Waals surface area contributed by atoms with E-state index in [9.17, 15) is 4.79 Å². The molecule has 1 fully saturated rings. The third-order valence-corrected chi connectivity index (χ3v) is 4.65. The van der Waals surface area contributed by atoms with Gasteiger partial charge in [-0.2, -0.15) is 0 Å². The summed E-state index contributed by atoms with van der Waals surface area (Å²) in [5.74, 6) is 0.549. The Balaban J connectivity index is 1.40. The predicted octanol–water partition coefficient (Wildman–Crippen LogP) is 2.23. The van der Waals surface area contributed by atoms with Crippen LogP contribution in [-0.4, -0.2) is 43.4 Å². The van der Waals surface area contributed by atoms with E-state index in [1.165, 1.54) is 0 Å². The Morgan fingerprint density at radius 2 is 2.08 bits per heavy atom. The van der Waals surface area contributed by atoms with Crippen molar-refractivity contribution in [2.45, 2.75) is 25.3 Å². The summed E-state index contributed by atoms with van der Waals surface area (Å²) in [7, 11) is 0. The molecule has 0 aliphatic carbocycles. The fourth-order valence-electron chi connectivity index (χ4n) is 3.27. The highest BCUT2D eigenvalue weighted by atomic mass is 16.2. The number of hydrogen-bond donors (Lipinski definition) is 0. The molecule has 4 heterocycles. The molecule has 0 bridgehead atoms. The van der Waals surface area contributed by atoms with Gasteiger partial charge in [0.1, 0.15) is 6.54 Å². The minimum atomic E-state index is 0.152. The number of pyridine rings is 2. The quantitative estimate of drug-likeness (QED) is 0.742. The maximum atomic E-state index is 12.3. The van der Waals surface area contributed by atoms with E-state index in [4.69, 9.17) is 0 Å². The van der Waals surface area contributed by atoms with Gasteiger partial charge < -0.3 is 9.47 Å². The third kappa shape index (κ3) is 2.99. The van der Waals surface area contributed by atoms with Crippen LogP contribution in [0.25, 0.3) is 10.9 Å². The Labute approximate surface area is 140 Å². The first-order chi connectivity index (χ1) is 11.8. The number of aromatic nitrogens is 4. The molecule has 0 saturated carbocycles. The van der Waals surface area contributed by atoms with Crippen molar-refractivity contribution in [1.29, 1.82) is 0 Å². The molecular weight excluding hydrogens is 302 g/mol. The van der Waals surface area contributed by atoms with Crippen molar-refractivity contribution in [2.75, 3.05) is 13.1 Å². The molecule has 0 unspecified atom stereocenters. The van der Waals surface area contributed by atoms with E-state index in [0.717, 1.165) is 42.5 Å². The van der Waals surface area contributed by atoms with Crippen molar-refractivity contribution >= 4 is 16.8 Å². The number of piperidine rings is 1. The van der Waals surface area contributed by atoms with E-state index >= 15 is 0 Å². The molecule has 1 aliphatic heterocycles. The van der Waals surface area contributed by atoms with Crippen LogP contribution in [0.5, 0.6) is 0 Å². The zero-order chi connectivity index (χ0) is 16.4. The van der Waals surface area contributed by atoms with E-state index in [0.29, 0.717) is 12.5 Å². The minimum Gasteiger partial charge on any atom is -0.341 e. The van der Waals surface area contributed by atoms with Gasteiger partial charge in [0.2, 0.25) is 5.91 Å². The van der Waals surface area contributed by atoms with Crippen molar-refractivity contribution in [3.63, 3.8) is 0 Å². The topological polar surface area (TPSA) is 63.9 Å². The highest BCUT2D eigenvalue weighted by Gasteiger charge is 2.24. The van der Waals surface area contributed by atoms with Gasteiger partial charge in [-0.05, 0) is 31.0 Å². The van der Waals surface area contributed by atoms with Crippen molar-refractivity contribution in [3.05, 3.63) is 55.0 Å². The number of carbonyl (C=O) groups excluding carboxylic acids is 1. The van der Waals surface area contributed by atoms with Gasteiger partial charge >= 0.3 is 0 Å². The first-order valence-corrected chi connectivity index (χ1v) is 8.24. The zero-order valence-corrected chi connectivity index (χ0v) is 13.4. The van der Waals surface area contributed by atoms with Gasteiger partial charge in [-0.25, -0.2) is 4.98 Å². The summed E-state index contributed by atoms with van der Waals surface area (Å²) in [5, 5.41) is 1.06. The Bertz CT molecular complexity index is 838.